The Morgan fingerprint density at radius 1 is 1.10 bits per heavy atom. The Morgan fingerprint density at radius 3 is 2.47 bits per heavy atom. The van der Waals surface area contributed by atoms with Crippen LogP contribution in [0, 0.1) is 6.92 Å². The number of hydrogen-bond donors (Lipinski definition) is 2. The molecule has 0 aliphatic heterocycles. The molecular formula is C22H26N4O4. The summed E-state index contributed by atoms with van der Waals surface area (Å²) in [6.45, 7) is 7.91. The van der Waals surface area contributed by atoms with Crippen molar-refractivity contribution in [2.45, 2.75) is 33.1 Å². The molecule has 8 nitrogen and oxygen atoms in total. The number of ether oxygens (including phenoxy) is 2. The topological polar surface area (TPSA) is 98.5 Å². The third-order valence-corrected chi connectivity index (χ3v) is 4.83. The number of carbonyl (C=O) groups excluding carboxylic acids is 1. The minimum atomic E-state index is -0.470. The summed E-state index contributed by atoms with van der Waals surface area (Å²) in [6.07, 6.45) is 0. The number of nitrogens with zero attached hydrogens (tertiary/aromatic N) is 3. The van der Waals surface area contributed by atoms with Gasteiger partial charge in [0.1, 0.15) is 22.9 Å². The molecule has 0 aliphatic rings. The van der Waals surface area contributed by atoms with Crippen molar-refractivity contribution >= 4 is 11.6 Å². The van der Waals surface area contributed by atoms with Crippen molar-refractivity contribution in [3.05, 3.63) is 53.3 Å². The van der Waals surface area contributed by atoms with E-state index in [2.05, 4.69) is 36.4 Å². The van der Waals surface area contributed by atoms with E-state index in [9.17, 15) is 9.90 Å². The number of hydrogen-bond acceptors (Lipinski definition) is 6. The predicted molar refractivity (Wildman–Crippen MR) is 114 cm³/mol. The van der Waals surface area contributed by atoms with Gasteiger partial charge in [-0.15, -0.1) is 5.10 Å². The molecule has 0 fully saturated rings. The van der Waals surface area contributed by atoms with Crippen molar-refractivity contribution in [2.75, 3.05) is 19.5 Å². The number of carbonyl (C=O) groups is 1. The molecule has 158 valence electrons. The number of aromatic hydroxyl groups is 1. The summed E-state index contributed by atoms with van der Waals surface area (Å²) in [5, 5.41) is 21.1. The molecule has 0 saturated heterocycles. The number of anilines is 1. The summed E-state index contributed by atoms with van der Waals surface area (Å²) in [4.78, 5) is 12.9. The van der Waals surface area contributed by atoms with Gasteiger partial charge < -0.3 is 19.9 Å². The van der Waals surface area contributed by atoms with Crippen LogP contribution in [0.15, 0.2) is 36.4 Å². The maximum Gasteiger partial charge on any atom is 0.278 e. The molecule has 0 saturated carbocycles. The first kappa shape index (κ1) is 21.2. The molecule has 3 aromatic rings. The van der Waals surface area contributed by atoms with Gasteiger partial charge in [0.25, 0.3) is 5.91 Å². The molecule has 8 heteroatoms. The summed E-state index contributed by atoms with van der Waals surface area (Å²) in [5.74, 6) is 0.694. The fourth-order valence-corrected chi connectivity index (χ4v) is 3.01. The maximum absolute atomic E-state index is 12.9. The van der Waals surface area contributed by atoms with E-state index in [-0.39, 0.29) is 16.9 Å². The summed E-state index contributed by atoms with van der Waals surface area (Å²) in [5.41, 5.74) is 2.43. The zero-order valence-electron chi connectivity index (χ0n) is 18.0. The van der Waals surface area contributed by atoms with Crippen molar-refractivity contribution < 1.29 is 19.4 Å². The summed E-state index contributed by atoms with van der Waals surface area (Å²) in [7, 11) is 3.12. The standard InChI is InChI=1S/C22H26N4O4/c1-13-20(21(28)23-16-11-14(22(2,3)4)7-9-18(16)27)24-25-26(13)17-12-15(29-5)8-10-19(17)30-6/h7-12,27H,1-6H3,(H,23,28). The molecule has 1 heterocycles. The number of methoxy groups -OCH3 is 2. The third-order valence-electron chi connectivity index (χ3n) is 4.83. The SMILES string of the molecule is COc1ccc(OC)c(-n2nnc(C(=O)Nc3cc(C(C)(C)C)ccc3O)c2C)c1. The van der Waals surface area contributed by atoms with Crippen molar-refractivity contribution in [3.8, 4) is 22.9 Å². The van der Waals surface area contributed by atoms with E-state index in [0.717, 1.165) is 5.56 Å². The van der Waals surface area contributed by atoms with Crippen LogP contribution in [0.5, 0.6) is 17.2 Å². The number of benzene rings is 2. The van der Waals surface area contributed by atoms with Gasteiger partial charge in [-0.3, -0.25) is 4.79 Å². The zero-order valence-corrected chi connectivity index (χ0v) is 18.0. The molecule has 2 aromatic carbocycles. The zero-order chi connectivity index (χ0) is 22.1. The van der Waals surface area contributed by atoms with Crippen molar-refractivity contribution in [2.24, 2.45) is 0 Å². The van der Waals surface area contributed by atoms with Gasteiger partial charge in [0.05, 0.1) is 25.6 Å². The van der Waals surface area contributed by atoms with Crippen LogP contribution in [-0.2, 0) is 5.41 Å². The highest BCUT2D eigenvalue weighted by Crippen LogP contribution is 2.32. The Labute approximate surface area is 175 Å². The number of nitrogens with one attached hydrogen (secondary N) is 1. The van der Waals surface area contributed by atoms with Gasteiger partial charge in [-0.1, -0.05) is 32.1 Å². The third kappa shape index (κ3) is 4.07. The Kier molecular flexibility index (Phi) is 5.69. The van der Waals surface area contributed by atoms with Gasteiger partial charge in [-0.05, 0) is 42.2 Å². The van der Waals surface area contributed by atoms with Crippen molar-refractivity contribution in [3.63, 3.8) is 0 Å². The molecule has 2 N–H and O–H groups in total. The van der Waals surface area contributed by atoms with E-state index in [0.29, 0.717) is 28.6 Å². The fraction of sp³-hybridized carbons (Fsp3) is 0.318. The molecular weight excluding hydrogens is 384 g/mol. The highest BCUT2D eigenvalue weighted by atomic mass is 16.5. The molecule has 0 radical (unpaired) electrons. The van der Waals surface area contributed by atoms with Crippen LogP contribution in [0.4, 0.5) is 5.69 Å². The van der Waals surface area contributed by atoms with E-state index < -0.39 is 5.91 Å². The lowest BCUT2D eigenvalue weighted by Crippen LogP contribution is -2.16. The number of phenolic OH excluding ortho intramolecular Hbond substituents is 1. The molecule has 3 rings (SSSR count). The first-order chi connectivity index (χ1) is 14.2. The van der Waals surface area contributed by atoms with E-state index >= 15 is 0 Å². The molecule has 1 amide bonds. The van der Waals surface area contributed by atoms with Gasteiger partial charge in [0, 0.05) is 6.07 Å². The van der Waals surface area contributed by atoms with Crippen molar-refractivity contribution in [1.29, 1.82) is 0 Å². The van der Waals surface area contributed by atoms with Gasteiger partial charge in [-0.2, -0.15) is 0 Å². The monoisotopic (exact) mass is 410 g/mol. The first-order valence-corrected chi connectivity index (χ1v) is 9.45. The summed E-state index contributed by atoms with van der Waals surface area (Å²) >= 11 is 0. The normalized spacial score (nSPS) is 11.3. The fourth-order valence-electron chi connectivity index (χ4n) is 3.01. The molecule has 0 aliphatic carbocycles. The van der Waals surface area contributed by atoms with E-state index in [1.54, 1.807) is 51.5 Å². The second kappa shape index (κ2) is 8.06. The largest absolute Gasteiger partial charge is 0.506 e. The predicted octanol–water partition coefficient (Wildman–Crippen LogP) is 3.85. The van der Waals surface area contributed by atoms with E-state index in [1.807, 2.05) is 6.07 Å². The summed E-state index contributed by atoms with van der Waals surface area (Å²) in [6, 6.07) is 10.4. The van der Waals surface area contributed by atoms with E-state index in [1.165, 1.54) is 4.68 Å². The van der Waals surface area contributed by atoms with Crippen LogP contribution in [-0.4, -0.2) is 40.2 Å². The van der Waals surface area contributed by atoms with E-state index in [4.69, 9.17) is 9.47 Å². The Bertz CT molecular complexity index is 1080. The molecule has 0 atom stereocenters. The lowest BCUT2D eigenvalue weighted by Gasteiger charge is -2.20. The molecule has 0 spiro atoms. The minimum Gasteiger partial charge on any atom is -0.506 e. The Hall–Kier alpha value is -3.55. The van der Waals surface area contributed by atoms with Crippen LogP contribution in [0.2, 0.25) is 0 Å². The second-order valence-electron chi connectivity index (χ2n) is 7.91. The number of aromatic nitrogens is 3. The maximum atomic E-state index is 12.9. The molecule has 30 heavy (non-hydrogen) atoms. The minimum absolute atomic E-state index is 0.0177. The quantitative estimate of drug-likeness (QED) is 0.620. The van der Waals surface area contributed by atoms with Gasteiger partial charge in [0.15, 0.2) is 5.69 Å². The van der Waals surface area contributed by atoms with Crippen LogP contribution in [0.1, 0.15) is 42.5 Å². The summed E-state index contributed by atoms with van der Waals surface area (Å²) < 4.78 is 12.2. The lowest BCUT2D eigenvalue weighted by molar-refractivity contribution is 0.102. The lowest BCUT2D eigenvalue weighted by atomic mass is 9.87. The second-order valence-corrected chi connectivity index (χ2v) is 7.91. The first-order valence-electron chi connectivity index (χ1n) is 9.45. The number of amides is 1. The van der Waals surface area contributed by atoms with Gasteiger partial charge in [0.2, 0.25) is 0 Å². The smallest absolute Gasteiger partial charge is 0.278 e. The molecule has 0 unspecified atom stereocenters. The highest BCUT2D eigenvalue weighted by molar-refractivity contribution is 6.04. The number of rotatable bonds is 5. The Morgan fingerprint density at radius 2 is 1.83 bits per heavy atom. The Balaban J connectivity index is 1.95. The van der Waals surface area contributed by atoms with Crippen molar-refractivity contribution in [1.82, 2.24) is 15.0 Å². The van der Waals surface area contributed by atoms with Crippen LogP contribution in [0.25, 0.3) is 5.69 Å². The molecule has 1 aromatic heterocycles. The van der Waals surface area contributed by atoms with Crippen LogP contribution < -0.4 is 14.8 Å². The van der Waals surface area contributed by atoms with Crippen LogP contribution >= 0.6 is 0 Å². The van der Waals surface area contributed by atoms with Crippen LogP contribution in [0.3, 0.4) is 0 Å². The van der Waals surface area contributed by atoms with Gasteiger partial charge >= 0.3 is 0 Å². The van der Waals surface area contributed by atoms with Gasteiger partial charge in [-0.25, -0.2) is 4.68 Å². The average Bonchev–Trinajstić information content (AvgIpc) is 3.09. The highest BCUT2D eigenvalue weighted by Gasteiger charge is 2.22. The molecule has 0 bridgehead atoms. The average molecular weight is 410 g/mol. The number of phenols is 1.